The van der Waals surface area contributed by atoms with Crippen LogP contribution in [-0.2, 0) is 16.2 Å². The highest BCUT2D eigenvalue weighted by atomic mass is 32.2. The zero-order chi connectivity index (χ0) is 15.7. The van der Waals surface area contributed by atoms with Crippen LogP contribution in [0.3, 0.4) is 0 Å². The highest BCUT2D eigenvalue weighted by Crippen LogP contribution is 2.28. The van der Waals surface area contributed by atoms with E-state index < -0.39 is 21.9 Å². The lowest BCUT2D eigenvalue weighted by molar-refractivity contribution is -0.141. The monoisotopic (exact) mass is 324 g/mol. The number of nitrogens with one attached hydrogen (secondary N) is 1. The number of rotatable bonds is 3. The molecule has 1 aliphatic heterocycles. The van der Waals surface area contributed by atoms with Gasteiger partial charge in [-0.3, -0.25) is 0 Å². The molecular weight excluding hydrogens is 309 g/mol. The molecular formula is C11H15F3N4O2S. The molecule has 2 heterocycles. The summed E-state index contributed by atoms with van der Waals surface area (Å²) in [5.41, 5.74) is -0.983. The van der Waals surface area contributed by atoms with E-state index in [9.17, 15) is 21.6 Å². The highest BCUT2D eigenvalue weighted by molar-refractivity contribution is 7.88. The van der Waals surface area contributed by atoms with E-state index in [1.54, 1.807) is 4.90 Å². The van der Waals surface area contributed by atoms with Crippen LogP contribution in [-0.4, -0.2) is 43.8 Å². The molecule has 0 aromatic carbocycles. The van der Waals surface area contributed by atoms with Gasteiger partial charge >= 0.3 is 6.18 Å². The second-order valence-corrected chi connectivity index (χ2v) is 6.67. The molecule has 0 amide bonds. The van der Waals surface area contributed by atoms with Crippen molar-refractivity contribution >= 4 is 16.0 Å². The van der Waals surface area contributed by atoms with E-state index in [-0.39, 0.29) is 12.0 Å². The quantitative estimate of drug-likeness (QED) is 0.898. The predicted molar refractivity (Wildman–Crippen MR) is 70.2 cm³/mol. The summed E-state index contributed by atoms with van der Waals surface area (Å²) in [6.45, 7) is 0.795. The number of piperidine rings is 1. The maximum atomic E-state index is 12.6. The molecule has 0 radical (unpaired) electrons. The van der Waals surface area contributed by atoms with Crippen LogP contribution < -0.4 is 9.62 Å². The molecule has 1 aromatic heterocycles. The molecule has 1 saturated heterocycles. The van der Waals surface area contributed by atoms with Crippen molar-refractivity contribution in [1.82, 2.24) is 14.7 Å². The first kappa shape index (κ1) is 16.0. The normalized spacial score (nSPS) is 18.0. The lowest BCUT2D eigenvalue weighted by Crippen LogP contribution is -2.44. The number of alkyl halides is 3. The minimum atomic E-state index is -4.51. The Morgan fingerprint density at radius 3 is 2.48 bits per heavy atom. The number of sulfonamides is 1. The number of anilines is 1. The van der Waals surface area contributed by atoms with E-state index in [1.807, 2.05) is 0 Å². The molecule has 0 spiro atoms. The first-order chi connectivity index (χ1) is 9.65. The summed E-state index contributed by atoms with van der Waals surface area (Å²) in [7, 11) is -3.28. The van der Waals surface area contributed by atoms with Gasteiger partial charge in [-0.1, -0.05) is 0 Å². The van der Waals surface area contributed by atoms with Crippen LogP contribution in [0, 0.1) is 0 Å². The van der Waals surface area contributed by atoms with Crippen molar-refractivity contribution in [3.8, 4) is 0 Å². The van der Waals surface area contributed by atoms with Crippen LogP contribution in [0.25, 0.3) is 0 Å². The third-order valence-corrected chi connectivity index (χ3v) is 3.85. The molecule has 2 rings (SSSR count). The van der Waals surface area contributed by atoms with E-state index in [1.165, 1.54) is 0 Å². The third-order valence-electron chi connectivity index (χ3n) is 3.09. The SMILES string of the molecule is CS(=O)(=O)NC1CCN(c2nccc(C(F)(F)F)n2)CC1. The molecule has 6 nitrogen and oxygen atoms in total. The molecule has 118 valence electrons. The Labute approximate surface area is 120 Å². The largest absolute Gasteiger partial charge is 0.433 e. The summed E-state index contributed by atoms with van der Waals surface area (Å²) in [5, 5.41) is 0. The summed E-state index contributed by atoms with van der Waals surface area (Å²) in [6, 6.07) is 0.614. The average Bonchev–Trinajstić information content (AvgIpc) is 2.37. The Morgan fingerprint density at radius 2 is 1.95 bits per heavy atom. The van der Waals surface area contributed by atoms with Crippen molar-refractivity contribution in [1.29, 1.82) is 0 Å². The van der Waals surface area contributed by atoms with Crippen LogP contribution >= 0.6 is 0 Å². The molecule has 1 aliphatic rings. The van der Waals surface area contributed by atoms with E-state index in [4.69, 9.17) is 0 Å². The number of aromatic nitrogens is 2. The van der Waals surface area contributed by atoms with Crippen molar-refractivity contribution in [2.24, 2.45) is 0 Å². The van der Waals surface area contributed by atoms with Crippen LogP contribution in [0.4, 0.5) is 19.1 Å². The van der Waals surface area contributed by atoms with Crippen molar-refractivity contribution in [2.45, 2.75) is 25.1 Å². The summed E-state index contributed by atoms with van der Waals surface area (Å²) in [6.07, 6.45) is -1.37. The van der Waals surface area contributed by atoms with Gasteiger partial charge in [0.2, 0.25) is 16.0 Å². The average molecular weight is 324 g/mol. The van der Waals surface area contributed by atoms with Crippen molar-refractivity contribution in [2.75, 3.05) is 24.2 Å². The highest BCUT2D eigenvalue weighted by Gasteiger charge is 2.33. The van der Waals surface area contributed by atoms with Crippen LogP contribution in [0.1, 0.15) is 18.5 Å². The van der Waals surface area contributed by atoms with E-state index in [2.05, 4.69) is 14.7 Å². The van der Waals surface area contributed by atoms with Gasteiger partial charge in [-0.05, 0) is 18.9 Å². The molecule has 0 saturated carbocycles. The lowest BCUT2D eigenvalue weighted by atomic mass is 10.1. The van der Waals surface area contributed by atoms with Crippen LogP contribution in [0.2, 0.25) is 0 Å². The minimum absolute atomic E-state index is 0.0163. The van der Waals surface area contributed by atoms with Crippen molar-refractivity contribution < 1.29 is 21.6 Å². The second-order valence-electron chi connectivity index (χ2n) is 4.89. The predicted octanol–water partition coefficient (Wildman–Crippen LogP) is 1.01. The number of hydrogen-bond acceptors (Lipinski definition) is 5. The minimum Gasteiger partial charge on any atom is -0.341 e. The van der Waals surface area contributed by atoms with Gasteiger partial charge in [0.25, 0.3) is 0 Å². The molecule has 1 aromatic rings. The van der Waals surface area contributed by atoms with Gasteiger partial charge in [0.05, 0.1) is 6.26 Å². The van der Waals surface area contributed by atoms with Crippen molar-refractivity contribution in [3.63, 3.8) is 0 Å². The van der Waals surface area contributed by atoms with Crippen LogP contribution in [0.5, 0.6) is 0 Å². The fraction of sp³-hybridized carbons (Fsp3) is 0.636. The molecule has 10 heteroatoms. The molecule has 0 atom stereocenters. The summed E-state index contributed by atoms with van der Waals surface area (Å²) >= 11 is 0. The zero-order valence-electron chi connectivity index (χ0n) is 11.3. The molecule has 0 aliphatic carbocycles. The summed E-state index contributed by atoms with van der Waals surface area (Å²) in [4.78, 5) is 8.99. The summed E-state index contributed by atoms with van der Waals surface area (Å²) in [5.74, 6) is 0.0163. The smallest absolute Gasteiger partial charge is 0.341 e. The number of halogens is 3. The Hall–Kier alpha value is -1.42. The molecule has 1 N–H and O–H groups in total. The van der Waals surface area contributed by atoms with E-state index in [0.717, 1.165) is 18.5 Å². The lowest BCUT2D eigenvalue weighted by Gasteiger charge is -2.32. The second kappa shape index (κ2) is 5.76. The van der Waals surface area contributed by atoms with Gasteiger partial charge in [-0.25, -0.2) is 23.1 Å². The maximum Gasteiger partial charge on any atom is 0.433 e. The molecule has 0 bridgehead atoms. The molecule has 0 unspecified atom stereocenters. The van der Waals surface area contributed by atoms with Gasteiger partial charge in [0.1, 0.15) is 5.69 Å². The Morgan fingerprint density at radius 1 is 1.33 bits per heavy atom. The van der Waals surface area contributed by atoms with E-state index >= 15 is 0 Å². The third kappa shape index (κ3) is 4.53. The van der Waals surface area contributed by atoms with Crippen molar-refractivity contribution in [3.05, 3.63) is 18.0 Å². The first-order valence-electron chi connectivity index (χ1n) is 6.27. The molecule has 1 fully saturated rings. The van der Waals surface area contributed by atoms with Gasteiger partial charge in [-0.15, -0.1) is 0 Å². The Bertz CT molecular complexity index is 598. The van der Waals surface area contributed by atoms with E-state index in [0.29, 0.717) is 25.9 Å². The topological polar surface area (TPSA) is 75.2 Å². The fourth-order valence-corrected chi connectivity index (χ4v) is 3.00. The maximum absolute atomic E-state index is 12.6. The van der Waals surface area contributed by atoms with Gasteiger partial charge in [0.15, 0.2) is 0 Å². The standard InChI is InChI=1S/C11H15F3N4O2S/c1-21(19,20)17-8-3-6-18(7-4-8)10-15-5-2-9(16-10)11(12,13)14/h2,5,8,17H,3-4,6-7H2,1H3. The zero-order valence-corrected chi connectivity index (χ0v) is 12.1. The Kier molecular flexibility index (Phi) is 4.38. The van der Waals surface area contributed by atoms with Crippen LogP contribution in [0.15, 0.2) is 12.3 Å². The van der Waals surface area contributed by atoms with Gasteiger partial charge < -0.3 is 4.90 Å². The van der Waals surface area contributed by atoms with Gasteiger partial charge in [-0.2, -0.15) is 13.2 Å². The Balaban J connectivity index is 2.03. The fourth-order valence-electron chi connectivity index (χ4n) is 2.16. The van der Waals surface area contributed by atoms with Gasteiger partial charge in [0, 0.05) is 25.3 Å². The summed E-state index contributed by atoms with van der Waals surface area (Å²) < 4.78 is 62.5. The molecule has 21 heavy (non-hydrogen) atoms. The first-order valence-corrected chi connectivity index (χ1v) is 8.17. The number of nitrogens with zero attached hydrogens (tertiary/aromatic N) is 3. The number of hydrogen-bond donors (Lipinski definition) is 1.